The van der Waals surface area contributed by atoms with Gasteiger partial charge in [0.05, 0.1) is 5.69 Å². The minimum atomic E-state index is 0.582. The van der Waals surface area contributed by atoms with E-state index in [1.54, 1.807) is 0 Å². The third-order valence-corrected chi connectivity index (χ3v) is 4.35. The molecule has 106 valence electrons. The molecule has 3 heteroatoms. The van der Waals surface area contributed by atoms with E-state index in [0.29, 0.717) is 5.92 Å². The smallest absolute Gasteiger partial charge is 0.230 e. The monoisotopic (exact) mass is 270 g/mol. The topological polar surface area (TPSA) is 29.3 Å². The normalized spacial score (nSPS) is 17.8. The summed E-state index contributed by atoms with van der Waals surface area (Å²) in [6.07, 6.45) is 3.26. The number of rotatable bonds is 4. The number of hydrogen-bond donors (Lipinski definition) is 0. The first-order valence-electron chi connectivity index (χ1n) is 7.60. The minimum Gasteiger partial charge on any atom is -0.341 e. The molecule has 1 aliphatic rings. The van der Waals surface area contributed by atoms with Gasteiger partial charge in [0.15, 0.2) is 0 Å². The van der Waals surface area contributed by atoms with Gasteiger partial charge in [0.2, 0.25) is 5.88 Å². The third kappa shape index (κ3) is 2.33. The van der Waals surface area contributed by atoms with Crippen LogP contribution in [0.5, 0.6) is 0 Å². The van der Waals surface area contributed by atoms with E-state index in [9.17, 15) is 0 Å². The molecule has 2 aromatic rings. The van der Waals surface area contributed by atoms with Crippen molar-refractivity contribution in [3.63, 3.8) is 0 Å². The van der Waals surface area contributed by atoms with Gasteiger partial charge in [0.1, 0.15) is 0 Å². The van der Waals surface area contributed by atoms with Crippen LogP contribution in [0.4, 0.5) is 5.88 Å². The summed E-state index contributed by atoms with van der Waals surface area (Å²) in [5, 5.41) is 4.33. The Kier molecular flexibility index (Phi) is 3.77. The van der Waals surface area contributed by atoms with E-state index in [0.717, 1.165) is 37.5 Å². The lowest BCUT2D eigenvalue weighted by Crippen LogP contribution is -2.23. The van der Waals surface area contributed by atoms with Crippen molar-refractivity contribution in [3.05, 3.63) is 47.2 Å². The van der Waals surface area contributed by atoms with Crippen LogP contribution >= 0.6 is 0 Å². The molecule has 0 radical (unpaired) electrons. The lowest BCUT2D eigenvalue weighted by Gasteiger charge is -2.24. The Balaban J connectivity index is 1.83. The maximum Gasteiger partial charge on any atom is 0.230 e. The summed E-state index contributed by atoms with van der Waals surface area (Å²) in [5.41, 5.74) is 3.92. The van der Waals surface area contributed by atoms with Crippen LogP contribution in [-0.4, -0.2) is 18.2 Å². The number of nitrogens with zero attached hydrogens (tertiary/aromatic N) is 2. The van der Waals surface area contributed by atoms with Gasteiger partial charge in [-0.15, -0.1) is 0 Å². The van der Waals surface area contributed by atoms with Gasteiger partial charge < -0.3 is 9.42 Å². The number of hydrogen-bond acceptors (Lipinski definition) is 3. The zero-order chi connectivity index (χ0) is 13.9. The van der Waals surface area contributed by atoms with Crippen molar-refractivity contribution < 1.29 is 4.52 Å². The van der Waals surface area contributed by atoms with E-state index in [1.165, 1.54) is 17.5 Å². The van der Waals surface area contributed by atoms with Gasteiger partial charge in [-0.1, -0.05) is 35.5 Å². The first-order chi connectivity index (χ1) is 9.83. The molecular formula is C17H22N2O. The van der Waals surface area contributed by atoms with Crippen molar-refractivity contribution in [3.8, 4) is 0 Å². The van der Waals surface area contributed by atoms with Gasteiger partial charge in [-0.05, 0) is 38.2 Å². The average molecular weight is 270 g/mol. The van der Waals surface area contributed by atoms with E-state index in [1.807, 2.05) is 0 Å². The highest BCUT2D eigenvalue weighted by molar-refractivity contribution is 5.48. The molecule has 20 heavy (non-hydrogen) atoms. The number of benzene rings is 1. The fourth-order valence-electron chi connectivity index (χ4n) is 3.17. The summed E-state index contributed by atoms with van der Waals surface area (Å²) < 4.78 is 5.62. The van der Waals surface area contributed by atoms with Crippen molar-refractivity contribution in [2.45, 2.75) is 39.0 Å². The standard InChI is InChI=1S/C17H22N2O/c1-3-19(4-2)17-15-11-10-14(12-16(15)18-20-17)13-8-6-5-7-9-13/h5-9,14H,3-4,10-12H2,1-2H3. The first kappa shape index (κ1) is 13.2. The summed E-state index contributed by atoms with van der Waals surface area (Å²) >= 11 is 0. The van der Waals surface area contributed by atoms with Crippen LogP contribution in [0, 0.1) is 0 Å². The molecule has 0 bridgehead atoms. The van der Waals surface area contributed by atoms with Gasteiger partial charge in [0, 0.05) is 25.1 Å². The van der Waals surface area contributed by atoms with Crippen LogP contribution in [0.25, 0.3) is 0 Å². The predicted molar refractivity (Wildman–Crippen MR) is 81.3 cm³/mol. The Labute approximate surface area is 120 Å². The van der Waals surface area contributed by atoms with Crippen LogP contribution in [0.3, 0.4) is 0 Å². The Morgan fingerprint density at radius 2 is 1.95 bits per heavy atom. The molecule has 0 saturated heterocycles. The molecule has 0 amide bonds. The second-order valence-corrected chi connectivity index (χ2v) is 5.44. The summed E-state index contributed by atoms with van der Waals surface area (Å²) in [6.45, 7) is 6.27. The molecule has 1 unspecified atom stereocenters. The summed E-state index contributed by atoms with van der Waals surface area (Å²) in [4.78, 5) is 2.26. The van der Waals surface area contributed by atoms with Crippen molar-refractivity contribution in [1.29, 1.82) is 0 Å². The average Bonchev–Trinajstić information content (AvgIpc) is 2.93. The molecular weight excluding hydrogens is 248 g/mol. The van der Waals surface area contributed by atoms with E-state index in [2.05, 4.69) is 54.2 Å². The lowest BCUT2D eigenvalue weighted by atomic mass is 9.83. The first-order valence-corrected chi connectivity index (χ1v) is 7.60. The lowest BCUT2D eigenvalue weighted by molar-refractivity contribution is 0.408. The predicted octanol–water partition coefficient (Wildman–Crippen LogP) is 3.79. The highest BCUT2D eigenvalue weighted by atomic mass is 16.5. The van der Waals surface area contributed by atoms with Crippen LogP contribution in [-0.2, 0) is 12.8 Å². The van der Waals surface area contributed by atoms with Crippen molar-refractivity contribution in [2.75, 3.05) is 18.0 Å². The summed E-state index contributed by atoms with van der Waals surface area (Å²) in [6, 6.07) is 10.8. The fourth-order valence-corrected chi connectivity index (χ4v) is 3.17. The summed E-state index contributed by atoms with van der Waals surface area (Å²) in [5.74, 6) is 1.58. The Morgan fingerprint density at radius 3 is 2.65 bits per heavy atom. The maximum absolute atomic E-state index is 5.62. The number of anilines is 1. The Hall–Kier alpha value is -1.77. The van der Waals surface area contributed by atoms with Gasteiger partial charge in [-0.3, -0.25) is 0 Å². The van der Waals surface area contributed by atoms with Crippen LogP contribution < -0.4 is 4.90 Å². The van der Waals surface area contributed by atoms with Crippen LogP contribution in [0.15, 0.2) is 34.9 Å². The minimum absolute atomic E-state index is 0.582. The highest BCUT2D eigenvalue weighted by Gasteiger charge is 2.27. The third-order valence-electron chi connectivity index (χ3n) is 4.35. The van der Waals surface area contributed by atoms with Crippen molar-refractivity contribution in [2.24, 2.45) is 0 Å². The molecule has 1 heterocycles. The van der Waals surface area contributed by atoms with Crippen LogP contribution in [0.2, 0.25) is 0 Å². The SMILES string of the molecule is CCN(CC)c1onc2c1CCC(c1ccccc1)C2. The van der Waals surface area contributed by atoms with Gasteiger partial charge in [-0.25, -0.2) is 0 Å². The number of fused-ring (bicyclic) bond motifs is 1. The quantitative estimate of drug-likeness (QED) is 0.846. The van der Waals surface area contributed by atoms with E-state index < -0.39 is 0 Å². The second-order valence-electron chi connectivity index (χ2n) is 5.44. The molecule has 0 saturated carbocycles. The fraction of sp³-hybridized carbons (Fsp3) is 0.471. The molecule has 0 fully saturated rings. The zero-order valence-corrected chi connectivity index (χ0v) is 12.3. The van der Waals surface area contributed by atoms with Gasteiger partial charge >= 0.3 is 0 Å². The molecule has 0 spiro atoms. The van der Waals surface area contributed by atoms with E-state index >= 15 is 0 Å². The van der Waals surface area contributed by atoms with E-state index in [-0.39, 0.29) is 0 Å². The molecule has 1 aliphatic carbocycles. The van der Waals surface area contributed by atoms with Crippen LogP contribution in [0.1, 0.15) is 43.0 Å². The molecule has 1 atom stereocenters. The van der Waals surface area contributed by atoms with Crippen molar-refractivity contribution in [1.82, 2.24) is 5.16 Å². The maximum atomic E-state index is 5.62. The van der Waals surface area contributed by atoms with Crippen molar-refractivity contribution >= 4 is 5.88 Å². The second kappa shape index (κ2) is 5.70. The molecule has 0 aliphatic heterocycles. The zero-order valence-electron chi connectivity index (χ0n) is 12.3. The summed E-state index contributed by atoms with van der Waals surface area (Å²) in [7, 11) is 0. The molecule has 3 rings (SSSR count). The highest BCUT2D eigenvalue weighted by Crippen LogP contribution is 2.36. The largest absolute Gasteiger partial charge is 0.341 e. The molecule has 1 aromatic heterocycles. The van der Waals surface area contributed by atoms with Gasteiger partial charge in [-0.2, -0.15) is 0 Å². The molecule has 3 nitrogen and oxygen atoms in total. The Morgan fingerprint density at radius 1 is 1.20 bits per heavy atom. The molecule has 1 aromatic carbocycles. The number of aromatic nitrogens is 1. The Bertz CT molecular complexity index is 558. The molecule has 0 N–H and O–H groups in total. The van der Waals surface area contributed by atoms with Gasteiger partial charge in [0.25, 0.3) is 0 Å². The van der Waals surface area contributed by atoms with E-state index in [4.69, 9.17) is 4.52 Å².